The van der Waals surface area contributed by atoms with Gasteiger partial charge >= 0.3 is 0 Å². The van der Waals surface area contributed by atoms with E-state index in [0.29, 0.717) is 25.4 Å². The Hall–Kier alpha value is -2.49. The molecule has 4 heteroatoms. The molecular formula is C17H16N2O2. The van der Waals surface area contributed by atoms with Crippen molar-refractivity contribution in [1.29, 1.82) is 0 Å². The smallest absolute Gasteiger partial charge is 0.254 e. The first kappa shape index (κ1) is 12.3. The lowest BCUT2D eigenvalue weighted by Gasteiger charge is -2.19. The first-order chi connectivity index (χ1) is 10.2. The SMILES string of the molecule is Nc1ccc2c(c1)C(=O)N(CC1COc3ccccc31)C2. The Bertz CT molecular complexity index is 726. The minimum absolute atomic E-state index is 0.0710. The summed E-state index contributed by atoms with van der Waals surface area (Å²) in [4.78, 5) is 14.4. The lowest BCUT2D eigenvalue weighted by Crippen LogP contribution is -2.29. The van der Waals surface area contributed by atoms with E-state index >= 15 is 0 Å². The van der Waals surface area contributed by atoms with Gasteiger partial charge in [-0.05, 0) is 23.8 Å². The number of nitrogen functional groups attached to an aromatic ring is 1. The van der Waals surface area contributed by atoms with Gasteiger partial charge in [0.05, 0.1) is 6.61 Å². The van der Waals surface area contributed by atoms with Crippen LogP contribution in [0.3, 0.4) is 0 Å². The van der Waals surface area contributed by atoms with Crippen molar-refractivity contribution in [2.24, 2.45) is 0 Å². The number of ether oxygens (including phenoxy) is 1. The van der Waals surface area contributed by atoms with Crippen LogP contribution in [0.25, 0.3) is 0 Å². The number of fused-ring (bicyclic) bond motifs is 2. The number of carbonyl (C=O) groups excluding carboxylic acids is 1. The number of hydrogen-bond donors (Lipinski definition) is 1. The molecular weight excluding hydrogens is 264 g/mol. The fraction of sp³-hybridized carbons (Fsp3) is 0.235. The van der Waals surface area contributed by atoms with Gasteiger partial charge in [-0.1, -0.05) is 24.3 Å². The normalized spacial score (nSPS) is 19.3. The number of anilines is 1. The van der Waals surface area contributed by atoms with E-state index < -0.39 is 0 Å². The van der Waals surface area contributed by atoms with E-state index in [1.54, 1.807) is 6.07 Å². The second-order valence-electron chi connectivity index (χ2n) is 5.65. The summed E-state index contributed by atoms with van der Waals surface area (Å²) in [5, 5.41) is 0. The van der Waals surface area contributed by atoms with Crippen molar-refractivity contribution < 1.29 is 9.53 Å². The highest BCUT2D eigenvalue weighted by Gasteiger charge is 2.32. The quantitative estimate of drug-likeness (QED) is 0.859. The Balaban J connectivity index is 1.57. The first-order valence-corrected chi connectivity index (χ1v) is 7.12. The number of benzene rings is 2. The van der Waals surface area contributed by atoms with Crippen molar-refractivity contribution in [1.82, 2.24) is 4.90 Å². The van der Waals surface area contributed by atoms with E-state index in [0.717, 1.165) is 16.9 Å². The number of para-hydroxylation sites is 1. The van der Waals surface area contributed by atoms with Gasteiger partial charge in [0.2, 0.25) is 0 Å². The molecule has 2 aromatic carbocycles. The molecule has 1 atom stereocenters. The maximum atomic E-state index is 12.5. The van der Waals surface area contributed by atoms with Gasteiger partial charge in [0.1, 0.15) is 5.75 Å². The largest absolute Gasteiger partial charge is 0.493 e. The third-order valence-electron chi connectivity index (χ3n) is 4.25. The molecule has 0 aromatic heterocycles. The molecule has 1 unspecified atom stereocenters. The van der Waals surface area contributed by atoms with Crippen molar-refractivity contribution in [3.63, 3.8) is 0 Å². The van der Waals surface area contributed by atoms with Gasteiger partial charge in [0, 0.05) is 35.8 Å². The van der Waals surface area contributed by atoms with Crippen molar-refractivity contribution >= 4 is 11.6 Å². The summed E-state index contributed by atoms with van der Waals surface area (Å²) in [6, 6.07) is 13.6. The summed E-state index contributed by atoms with van der Waals surface area (Å²) in [6.07, 6.45) is 0. The lowest BCUT2D eigenvalue weighted by atomic mass is 10.0. The number of nitrogens with zero attached hydrogens (tertiary/aromatic N) is 1. The van der Waals surface area contributed by atoms with E-state index in [1.165, 1.54) is 5.56 Å². The van der Waals surface area contributed by atoms with Crippen LogP contribution >= 0.6 is 0 Å². The van der Waals surface area contributed by atoms with Crippen LogP contribution in [0.15, 0.2) is 42.5 Å². The summed E-state index contributed by atoms with van der Waals surface area (Å²) < 4.78 is 5.69. The molecule has 21 heavy (non-hydrogen) atoms. The fourth-order valence-electron chi connectivity index (χ4n) is 3.17. The predicted molar refractivity (Wildman–Crippen MR) is 80.3 cm³/mol. The number of carbonyl (C=O) groups is 1. The zero-order chi connectivity index (χ0) is 14.4. The van der Waals surface area contributed by atoms with E-state index in [2.05, 4.69) is 6.07 Å². The van der Waals surface area contributed by atoms with Crippen LogP contribution < -0.4 is 10.5 Å². The molecule has 0 saturated carbocycles. The molecule has 2 aliphatic heterocycles. The highest BCUT2D eigenvalue weighted by atomic mass is 16.5. The third kappa shape index (κ3) is 1.95. The maximum absolute atomic E-state index is 12.5. The van der Waals surface area contributed by atoms with Gasteiger partial charge in [0.15, 0.2) is 0 Å². The minimum Gasteiger partial charge on any atom is -0.493 e. The van der Waals surface area contributed by atoms with Crippen LogP contribution in [-0.2, 0) is 6.54 Å². The van der Waals surface area contributed by atoms with Crippen LogP contribution in [0.1, 0.15) is 27.4 Å². The van der Waals surface area contributed by atoms with Gasteiger partial charge < -0.3 is 15.4 Å². The molecule has 4 rings (SSSR count). The minimum atomic E-state index is 0.0710. The Labute approximate surface area is 123 Å². The molecule has 0 bridgehead atoms. The summed E-state index contributed by atoms with van der Waals surface area (Å²) in [7, 11) is 0. The van der Waals surface area contributed by atoms with Crippen LogP contribution in [0, 0.1) is 0 Å². The van der Waals surface area contributed by atoms with E-state index in [9.17, 15) is 4.79 Å². The predicted octanol–water partition coefficient (Wildman–Crippen LogP) is 2.40. The summed E-state index contributed by atoms with van der Waals surface area (Å²) in [6.45, 7) is 1.99. The molecule has 0 fully saturated rings. The Kier molecular flexibility index (Phi) is 2.64. The highest BCUT2D eigenvalue weighted by Crippen LogP contribution is 2.35. The third-order valence-corrected chi connectivity index (χ3v) is 4.25. The lowest BCUT2D eigenvalue weighted by molar-refractivity contribution is 0.0764. The zero-order valence-corrected chi connectivity index (χ0v) is 11.6. The molecule has 2 aliphatic rings. The number of hydrogen-bond acceptors (Lipinski definition) is 3. The Morgan fingerprint density at radius 1 is 1.24 bits per heavy atom. The van der Waals surface area contributed by atoms with E-state index in [1.807, 2.05) is 35.2 Å². The molecule has 0 radical (unpaired) electrons. The molecule has 2 N–H and O–H groups in total. The summed E-state index contributed by atoms with van der Waals surface area (Å²) >= 11 is 0. The molecule has 2 aromatic rings. The maximum Gasteiger partial charge on any atom is 0.254 e. The zero-order valence-electron chi connectivity index (χ0n) is 11.6. The summed E-state index contributed by atoms with van der Waals surface area (Å²) in [5.74, 6) is 1.26. The van der Waals surface area contributed by atoms with Crippen LogP contribution in [0.2, 0.25) is 0 Å². The van der Waals surface area contributed by atoms with Crippen LogP contribution in [-0.4, -0.2) is 24.0 Å². The number of nitrogens with two attached hydrogens (primary N) is 1. The molecule has 0 aliphatic carbocycles. The Morgan fingerprint density at radius 3 is 3.00 bits per heavy atom. The van der Waals surface area contributed by atoms with Gasteiger partial charge in [-0.25, -0.2) is 0 Å². The van der Waals surface area contributed by atoms with Crippen molar-refractivity contribution in [2.75, 3.05) is 18.9 Å². The molecule has 106 valence electrons. The molecule has 2 heterocycles. The second-order valence-corrected chi connectivity index (χ2v) is 5.65. The van der Waals surface area contributed by atoms with Gasteiger partial charge in [-0.15, -0.1) is 0 Å². The summed E-state index contributed by atoms with van der Waals surface area (Å²) in [5.41, 5.74) is 9.40. The molecule has 0 spiro atoms. The molecule has 4 nitrogen and oxygen atoms in total. The monoisotopic (exact) mass is 280 g/mol. The topological polar surface area (TPSA) is 55.6 Å². The second kappa shape index (κ2) is 4.52. The van der Waals surface area contributed by atoms with E-state index in [-0.39, 0.29) is 11.8 Å². The van der Waals surface area contributed by atoms with Crippen molar-refractivity contribution in [2.45, 2.75) is 12.5 Å². The fourth-order valence-corrected chi connectivity index (χ4v) is 3.17. The number of amides is 1. The van der Waals surface area contributed by atoms with Crippen LogP contribution in [0.5, 0.6) is 5.75 Å². The van der Waals surface area contributed by atoms with Gasteiger partial charge in [-0.3, -0.25) is 4.79 Å². The van der Waals surface area contributed by atoms with Crippen molar-refractivity contribution in [3.05, 3.63) is 59.2 Å². The first-order valence-electron chi connectivity index (χ1n) is 7.12. The Morgan fingerprint density at radius 2 is 2.10 bits per heavy atom. The van der Waals surface area contributed by atoms with E-state index in [4.69, 9.17) is 10.5 Å². The highest BCUT2D eigenvalue weighted by molar-refractivity contribution is 5.99. The number of rotatable bonds is 2. The van der Waals surface area contributed by atoms with Crippen LogP contribution in [0.4, 0.5) is 5.69 Å². The molecule has 0 saturated heterocycles. The van der Waals surface area contributed by atoms with Gasteiger partial charge in [0.25, 0.3) is 5.91 Å². The standard InChI is InChI=1S/C17H16N2O2/c18-13-6-5-11-8-19(17(20)15(11)7-13)9-12-10-21-16-4-2-1-3-14(12)16/h1-7,12H,8-10,18H2. The van der Waals surface area contributed by atoms with Gasteiger partial charge in [-0.2, -0.15) is 0 Å². The van der Waals surface area contributed by atoms with Crippen molar-refractivity contribution in [3.8, 4) is 5.75 Å². The molecule has 1 amide bonds. The average molecular weight is 280 g/mol. The average Bonchev–Trinajstić information content (AvgIpc) is 3.03.